The van der Waals surface area contributed by atoms with Gasteiger partial charge in [-0.15, -0.1) is 0 Å². The molecule has 0 aliphatic rings. The average molecular weight is 214 g/mol. The van der Waals surface area contributed by atoms with Gasteiger partial charge in [-0.1, -0.05) is 23.2 Å². The molecule has 1 heterocycles. The minimum Gasteiger partial charge on any atom is -0.354 e. The smallest absolute Gasteiger partial charge is 0.310 e. The van der Waals surface area contributed by atoms with Crippen LogP contribution >= 0.6 is 35.0 Å². The van der Waals surface area contributed by atoms with Gasteiger partial charge in [-0.2, -0.15) is 4.39 Å². The number of alkyl halides is 3. The van der Waals surface area contributed by atoms with Crippen LogP contribution in [0.3, 0.4) is 0 Å². The van der Waals surface area contributed by atoms with Gasteiger partial charge >= 0.3 is 3.92 Å². The summed E-state index contributed by atoms with van der Waals surface area (Å²) in [5.74, 6) is 0. The van der Waals surface area contributed by atoms with E-state index in [4.69, 9.17) is 23.2 Å². The maximum absolute atomic E-state index is 12.6. The van der Waals surface area contributed by atoms with Crippen LogP contribution in [0.25, 0.3) is 0 Å². The molecular formula is C6H6Cl2FNS. The first kappa shape index (κ1) is 9.23. The van der Waals surface area contributed by atoms with Gasteiger partial charge in [0.2, 0.25) is 0 Å². The zero-order valence-corrected chi connectivity index (χ0v) is 8.03. The zero-order chi connectivity index (χ0) is 8.48. The number of thioether (sulfide) groups is 1. The molecule has 0 aliphatic heterocycles. The van der Waals surface area contributed by atoms with E-state index in [1.165, 1.54) is 0 Å². The SMILES string of the molecule is Cc1ccc(SC(F)(Cl)Cl)[nH]1. The van der Waals surface area contributed by atoms with Gasteiger partial charge in [0, 0.05) is 5.69 Å². The van der Waals surface area contributed by atoms with Gasteiger partial charge in [-0.3, -0.25) is 0 Å². The summed E-state index contributed by atoms with van der Waals surface area (Å²) in [6, 6.07) is 3.54. The fraction of sp³-hybridized carbons (Fsp3) is 0.333. The summed E-state index contributed by atoms with van der Waals surface area (Å²) in [5, 5.41) is 0.620. The minimum atomic E-state index is -2.25. The lowest BCUT2D eigenvalue weighted by molar-refractivity contribution is 0.515. The molecule has 0 saturated carbocycles. The van der Waals surface area contributed by atoms with E-state index >= 15 is 0 Å². The highest BCUT2D eigenvalue weighted by Crippen LogP contribution is 2.40. The van der Waals surface area contributed by atoms with Crippen LogP contribution in [0.5, 0.6) is 0 Å². The van der Waals surface area contributed by atoms with Crippen molar-refractivity contribution in [3.63, 3.8) is 0 Å². The highest BCUT2D eigenvalue weighted by molar-refractivity contribution is 8.03. The molecule has 1 N–H and O–H groups in total. The van der Waals surface area contributed by atoms with E-state index in [9.17, 15) is 4.39 Å². The lowest BCUT2D eigenvalue weighted by Gasteiger charge is -2.05. The lowest BCUT2D eigenvalue weighted by Crippen LogP contribution is -1.94. The van der Waals surface area contributed by atoms with Crippen molar-refractivity contribution in [1.29, 1.82) is 0 Å². The van der Waals surface area contributed by atoms with E-state index in [1.54, 1.807) is 6.07 Å². The standard InChI is InChI=1S/C6H6Cl2FNS/c1-4-2-3-5(10-4)11-6(7,8)9/h2-3,10H,1H3. The average Bonchev–Trinajstić information content (AvgIpc) is 2.10. The van der Waals surface area contributed by atoms with Crippen molar-refractivity contribution in [2.45, 2.75) is 15.9 Å². The summed E-state index contributed by atoms with van der Waals surface area (Å²) in [4.78, 5) is 2.89. The van der Waals surface area contributed by atoms with Crippen LogP contribution in [0.15, 0.2) is 17.2 Å². The van der Waals surface area contributed by atoms with Gasteiger partial charge < -0.3 is 4.98 Å². The van der Waals surface area contributed by atoms with Crippen molar-refractivity contribution >= 4 is 35.0 Å². The fourth-order valence-electron chi connectivity index (χ4n) is 0.663. The molecule has 62 valence electrons. The summed E-state index contributed by atoms with van der Waals surface area (Å²) in [6.07, 6.45) is 0. The van der Waals surface area contributed by atoms with Crippen LogP contribution in [0.2, 0.25) is 0 Å². The Hall–Kier alpha value is 0.140. The Bertz CT molecular complexity index is 243. The lowest BCUT2D eigenvalue weighted by atomic mass is 10.5. The third-order valence-corrected chi connectivity index (χ3v) is 2.18. The number of aromatic amines is 1. The van der Waals surface area contributed by atoms with Crippen molar-refractivity contribution in [2.24, 2.45) is 0 Å². The molecule has 0 atom stereocenters. The van der Waals surface area contributed by atoms with Crippen LogP contribution in [0, 0.1) is 6.92 Å². The summed E-state index contributed by atoms with van der Waals surface area (Å²) in [7, 11) is 0. The van der Waals surface area contributed by atoms with Gasteiger partial charge in [-0.05, 0) is 30.8 Å². The number of hydrogen-bond donors (Lipinski definition) is 1. The molecule has 0 spiro atoms. The molecule has 0 aliphatic carbocycles. The number of aromatic nitrogens is 1. The Morgan fingerprint density at radius 2 is 2.18 bits per heavy atom. The maximum atomic E-state index is 12.6. The first-order valence-electron chi connectivity index (χ1n) is 2.89. The monoisotopic (exact) mass is 213 g/mol. The molecule has 11 heavy (non-hydrogen) atoms. The third-order valence-electron chi connectivity index (χ3n) is 1.03. The van der Waals surface area contributed by atoms with Crippen molar-refractivity contribution in [2.75, 3.05) is 0 Å². The predicted octanol–water partition coefficient (Wildman–Crippen LogP) is 3.47. The Morgan fingerprint density at radius 3 is 2.55 bits per heavy atom. The maximum Gasteiger partial charge on any atom is 0.310 e. The summed E-state index contributed by atoms with van der Waals surface area (Å²) < 4.78 is 10.3. The fourth-order valence-corrected chi connectivity index (χ4v) is 1.76. The Labute approximate surface area is 78.3 Å². The molecule has 1 rings (SSSR count). The van der Waals surface area contributed by atoms with Crippen LogP contribution in [0.1, 0.15) is 5.69 Å². The van der Waals surface area contributed by atoms with Crippen molar-refractivity contribution in [3.05, 3.63) is 17.8 Å². The number of H-pyrrole nitrogens is 1. The number of halogens is 3. The first-order chi connectivity index (χ1) is 4.97. The zero-order valence-electron chi connectivity index (χ0n) is 5.70. The second kappa shape index (κ2) is 3.25. The molecule has 0 aromatic carbocycles. The van der Waals surface area contributed by atoms with Crippen LogP contribution in [-0.4, -0.2) is 8.90 Å². The van der Waals surface area contributed by atoms with Gasteiger partial charge in [0.25, 0.3) is 0 Å². The second-order valence-corrected chi connectivity index (χ2v) is 4.94. The Morgan fingerprint density at radius 1 is 1.55 bits per heavy atom. The molecule has 0 bridgehead atoms. The van der Waals surface area contributed by atoms with Crippen LogP contribution in [0.4, 0.5) is 4.39 Å². The molecule has 0 amide bonds. The van der Waals surface area contributed by atoms with E-state index in [0.29, 0.717) is 5.03 Å². The van der Waals surface area contributed by atoms with Crippen molar-refractivity contribution in [3.8, 4) is 0 Å². The third kappa shape index (κ3) is 3.36. The molecule has 5 heteroatoms. The van der Waals surface area contributed by atoms with E-state index in [0.717, 1.165) is 17.5 Å². The highest BCUT2D eigenvalue weighted by Gasteiger charge is 2.24. The predicted molar refractivity (Wildman–Crippen MR) is 46.9 cm³/mol. The normalized spacial score (nSPS) is 12.0. The second-order valence-electron chi connectivity index (χ2n) is 2.05. The Balaban J connectivity index is 2.65. The van der Waals surface area contributed by atoms with Crippen molar-refractivity contribution in [1.82, 2.24) is 4.98 Å². The van der Waals surface area contributed by atoms with Gasteiger partial charge in [0.05, 0.1) is 5.03 Å². The summed E-state index contributed by atoms with van der Waals surface area (Å²) >= 11 is 11.0. The van der Waals surface area contributed by atoms with Gasteiger partial charge in [0.1, 0.15) is 0 Å². The number of aryl methyl sites for hydroxylation is 1. The first-order valence-corrected chi connectivity index (χ1v) is 4.46. The van der Waals surface area contributed by atoms with E-state index in [-0.39, 0.29) is 0 Å². The molecule has 1 aromatic heterocycles. The summed E-state index contributed by atoms with van der Waals surface area (Å²) in [5.41, 5.74) is 0.949. The van der Waals surface area contributed by atoms with Crippen LogP contribution < -0.4 is 0 Å². The summed E-state index contributed by atoms with van der Waals surface area (Å²) in [6.45, 7) is 1.87. The topological polar surface area (TPSA) is 15.8 Å². The van der Waals surface area contributed by atoms with Crippen molar-refractivity contribution < 1.29 is 4.39 Å². The quantitative estimate of drug-likeness (QED) is 0.588. The molecule has 0 unspecified atom stereocenters. The Kier molecular flexibility index (Phi) is 2.73. The molecular weight excluding hydrogens is 208 g/mol. The highest BCUT2D eigenvalue weighted by atomic mass is 35.5. The molecule has 0 fully saturated rings. The van der Waals surface area contributed by atoms with Gasteiger partial charge in [-0.25, -0.2) is 0 Å². The number of nitrogens with one attached hydrogen (secondary N) is 1. The molecule has 0 radical (unpaired) electrons. The van der Waals surface area contributed by atoms with E-state index in [2.05, 4.69) is 4.98 Å². The van der Waals surface area contributed by atoms with Gasteiger partial charge in [0.15, 0.2) is 0 Å². The van der Waals surface area contributed by atoms with E-state index in [1.807, 2.05) is 13.0 Å². The van der Waals surface area contributed by atoms with E-state index < -0.39 is 3.92 Å². The largest absolute Gasteiger partial charge is 0.354 e. The van der Waals surface area contributed by atoms with Crippen LogP contribution in [-0.2, 0) is 0 Å². The molecule has 1 nitrogen and oxygen atoms in total. The minimum absolute atomic E-state index is 0.620. The molecule has 0 saturated heterocycles. The number of hydrogen-bond acceptors (Lipinski definition) is 1. The number of rotatable bonds is 2. The molecule has 1 aromatic rings.